The largest absolute Gasteiger partial charge is 0.317 e. The van der Waals surface area contributed by atoms with Gasteiger partial charge in [-0.3, -0.25) is 0 Å². The number of hydrogen-bond donors (Lipinski definition) is 1. The molecule has 0 fully saturated rings. The van der Waals surface area contributed by atoms with Gasteiger partial charge >= 0.3 is 0 Å². The molecular weight excluding hydrogens is 176 g/mol. The molecule has 0 aliphatic rings. The van der Waals surface area contributed by atoms with Crippen LogP contribution in [0, 0.1) is 17.8 Å². The predicted molar refractivity (Wildman–Crippen MR) is 55.4 cm³/mol. The maximum atomic E-state index is 5.79. The van der Waals surface area contributed by atoms with Crippen LogP contribution in [0.4, 0.5) is 0 Å². The molecule has 1 rings (SSSR count). The van der Waals surface area contributed by atoms with E-state index in [0.29, 0.717) is 11.7 Å². The first-order valence-electron chi connectivity index (χ1n) is 4.80. The summed E-state index contributed by atoms with van der Waals surface area (Å²) in [6, 6.07) is -0.1000. The van der Waals surface area contributed by atoms with Crippen molar-refractivity contribution in [2.45, 2.75) is 33.4 Å². The summed E-state index contributed by atoms with van der Waals surface area (Å²) in [5, 5.41) is 4.02. The molecule has 0 bridgehead atoms. The molecular formula is C10H16N4. The van der Waals surface area contributed by atoms with Gasteiger partial charge in [0.25, 0.3) is 0 Å². The van der Waals surface area contributed by atoms with Crippen LogP contribution < -0.4 is 5.73 Å². The van der Waals surface area contributed by atoms with Crippen molar-refractivity contribution < 1.29 is 0 Å². The van der Waals surface area contributed by atoms with Crippen LogP contribution in [0.15, 0.2) is 6.33 Å². The fraction of sp³-hybridized carbons (Fsp3) is 0.600. The molecule has 14 heavy (non-hydrogen) atoms. The van der Waals surface area contributed by atoms with E-state index >= 15 is 0 Å². The lowest BCUT2D eigenvalue weighted by Crippen LogP contribution is -2.24. The molecule has 1 atom stereocenters. The van der Waals surface area contributed by atoms with Gasteiger partial charge in [-0.15, -0.1) is 0 Å². The summed E-state index contributed by atoms with van der Waals surface area (Å²) < 4.78 is 1.75. The molecule has 0 amide bonds. The van der Waals surface area contributed by atoms with Gasteiger partial charge in [-0.1, -0.05) is 19.8 Å². The number of aromatic nitrogens is 3. The van der Waals surface area contributed by atoms with Crippen LogP contribution in [0.25, 0.3) is 0 Å². The second-order valence-corrected chi connectivity index (χ2v) is 3.44. The van der Waals surface area contributed by atoms with E-state index in [1.165, 1.54) is 6.33 Å². The Morgan fingerprint density at radius 1 is 1.57 bits per heavy atom. The van der Waals surface area contributed by atoms with Gasteiger partial charge in [0.2, 0.25) is 5.82 Å². The summed E-state index contributed by atoms with van der Waals surface area (Å²) >= 11 is 0. The number of nitrogens with two attached hydrogens (primary N) is 1. The highest BCUT2D eigenvalue weighted by Gasteiger charge is 2.03. The number of nitrogens with zero attached hydrogens (tertiary/aromatic N) is 3. The first kappa shape index (κ1) is 10.7. The first-order chi connectivity index (χ1) is 6.65. The Kier molecular flexibility index (Phi) is 3.66. The second kappa shape index (κ2) is 4.77. The molecule has 1 aromatic heterocycles. The van der Waals surface area contributed by atoms with Crippen molar-refractivity contribution in [3.63, 3.8) is 0 Å². The molecule has 1 aromatic rings. The van der Waals surface area contributed by atoms with Crippen LogP contribution in [0.1, 0.15) is 26.6 Å². The van der Waals surface area contributed by atoms with E-state index in [9.17, 15) is 0 Å². The van der Waals surface area contributed by atoms with Crippen LogP contribution in [-0.4, -0.2) is 20.8 Å². The summed E-state index contributed by atoms with van der Waals surface area (Å²) in [4.78, 5) is 4.04. The normalized spacial score (nSPS) is 12.4. The fourth-order valence-electron chi connectivity index (χ4n) is 0.907. The highest BCUT2D eigenvalue weighted by Crippen LogP contribution is 1.97. The van der Waals surface area contributed by atoms with E-state index in [2.05, 4.69) is 21.9 Å². The zero-order chi connectivity index (χ0) is 10.6. The Morgan fingerprint density at radius 2 is 2.29 bits per heavy atom. The van der Waals surface area contributed by atoms with Gasteiger partial charge in [-0.2, -0.15) is 5.10 Å². The molecule has 0 spiro atoms. The van der Waals surface area contributed by atoms with Crippen molar-refractivity contribution in [1.29, 1.82) is 0 Å². The second-order valence-electron chi connectivity index (χ2n) is 3.44. The van der Waals surface area contributed by atoms with Crippen LogP contribution in [0.3, 0.4) is 0 Å². The topological polar surface area (TPSA) is 56.7 Å². The zero-order valence-corrected chi connectivity index (χ0v) is 8.86. The van der Waals surface area contributed by atoms with Crippen molar-refractivity contribution in [2.24, 2.45) is 11.7 Å². The summed E-state index contributed by atoms with van der Waals surface area (Å²) in [7, 11) is 0. The molecule has 0 radical (unpaired) electrons. The van der Waals surface area contributed by atoms with Crippen LogP contribution in [-0.2, 0) is 6.54 Å². The van der Waals surface area contributed by atoms with Crippen molar-refractivity contribution in [2.75, 3.05) is 0 Å². The van der Waals surface area contributed by atoms with Gasteiger partial charge in [-0.05, 0) is 18.8 Å². The Labute approximate surface area is 84.5 Å². The Bertz CT molecular complexity index is 342. The van der Waals surface area contributed by atoms with Gasteiger partial charge in [-0.25, -0.2) is 9.67 Å². The predicted octanol–water partition coefficient (Wildman–Crippen LogP) is 0.633. The smallest absolute Gasteiger partial charge is 0.203 e. The average Bonchev–Trinajstić information content (AvgIpc) is 2.60. The molecule has 0 saturated carbocycles. The zero-order valence-electron chi connectivity index (χ0n) is 8.86. The molecule has 0 aliphatic heterocycles. The van der Waals surface area contributed by atoms with Gasteiger partial charge in [0.15, 0.2) is 0 Å². The van der Waals surface area contributed by atoms with Crippen LogP contribution >= 0.6 is 0 Å². The molecule has 76 valence electrons. The van der Waals surface area contributed by atoms with Gasteiger partial charge in [0, 0.05) is 6.54 Å². The fourth-order valence-corrected chi connectivity index (χ4v) is 0.907. The summed E-state index contributed by atoms with van der Waals surface area (Å²) in [6.07, 6.45) is 1.51. The highest BCUT2D eigenvalue weighted by molar-refractivity contribution is 5.22. The van der Waals surface area contributed by atoms with Crippen molar-refractivity contribution in [3.05, 3.63) is 12.2 Å². The van der Waals surface area contributed by atoms with Crippen LogP contribution in [0.2, 0.25) is 0 Å². The van der Waals surface area contributed by atoms with Crippen molar-refractivity contribution in [3.8, 4) is 11.8 Å². The van der Waals surface area contributed by atoms with E-state index in [1.54, 1.807) is 4.68 Å². The van der Waals surface area contributed by atoms with E-state index in [-0.39, 0.29) is 6.04 Å². The van der Waals surface area contributed by atoms with E-state index in [0.717, 1.165) is 6.54 Å². The van der Waals surface area contributed by atoms with Crippen molar-refractivity contribution >= 4 is 0 Å². The van der Waals surface area contributed by atoms with E-state index in [1.807, 2.05) is 20.8 Å². The van der Waals surface area contributed by atoms with Gasteiger partial charge < -0.3 is 5.73 Å². The number of rotatable bonds is 2. The summed E-state index contributed by atoms with van der Waals surface area (Å²) in [6.45, 7) is 6.87. The maximum Gasteiger partial charge on any atom is 0.203 e. The third kappa shape index (κ3) is 2.57. The Balaban J connectivity index is 2.77. The Morgan fingerprint density at radius 3 is 2.86 bits per heavy atom. The molecule has 4 nitrogen and oxygen atoms in total. The molecule has 0 aromatic carbocycles. The van der Waals surface area contributed by atoms with Gasteiger partial charge in [0.05, 0.1) is 6.04 Å². The average molecular weight is 192 g/mol. The summed E-state index contributed by atoms with van der Waals surface area (Å²) in [5.41, 5.74) is 5.79. The molecule has 0 aliphatic carbocycles. The van der Waals surface area contributed by atoms with Gasteiger partial charge in [0.1, 0.15) is 6.33 Å². The lowest BCUT2D eigenvalue weighted by Gasteiger charge is -2.06. The molecule has 0 saturated heterocycles. The molecule has 4 heteroatoms. The molecule has 2 N–H and O–H groups in total. The number of aryl methyl sites for hydroxylation is 1. The monoisotopic (exact) mass is 192 g/mol. The lowest BCUT2D eigenvalue weighted by molar-refractivity contribution is 0.584. The first-order valence-corrected chi connectivity index (χ1v) is 4.80. The highest BCUT2D eigenvalue weighted by atomic mass is 15.3. The summed E-state index contributed by atoms with van der Waals surface area (Å²) in [5.74, 6) is 6.95. The SMILES string of the molecule is CCn1ncnc1C#CC(N)C(C)C. The van der Waals surface area contributed by atoms with Crippen molar-refractivity contribution in [1.82, 2.24) is 14.8 Å². The van der Waals surface area contributed by atoms with Crippen LogP contribution in [0.5, 0.6) is 0 Å². The Hall–Kier alpha value is -1.34. The number of hydrogen-bond acceptors (Lipinski definition) is 3. The maximum absolute atomic E-state index is 5.79. The quantitative estimate of drug-likeness (QED) is 0.699. The minimum absolute atomic E-state index is 0.1000. The van der Waals surface area contributed by atoms with E-state index in [4.69, 9.17) is 5.73 Å². The molecule has 1 heterocycles. The standard InChI is InChI=1S/C10H16N4/c1-4-14-10(12-7-13-14)6-5-9(11)8(2)3/h7-9H,4,11H2,1-3H3. The third-order valence-corrected chi connectivity index (χ3v) is 1.98. The minimum Gasteiger partial charge on any atom is -0.317 e. The minimum atomic E-state index is -0.1000. The third-order valence-electron chi connectivity index (χ3n) is 1.98. The lowest BCUT2D eigenvalue weighted by atomic mass is 10.1. The molecule has 1 unspecified atom stereocenters. The van der Waals surface area contributed by atoms with E-state index < -0.39 is 0 Å².